The van der Waals surface area contributed by atoms with Crippen molar-refractivity contribution in [3.8, 4) is 0 Å². The largest absolute Gasteiger partial charge is 0.356 e. The minimum atomic E-state index is -0.254. The minimum Gasteiger partial charge on any atom is -0.356 e. The zero-order chi connectivity index (χ0) is 12.5. The van der Waals surface area contributed by atoms with Crippen LogP contribution in [0.3, 0.4) is 0 Å². The predicted octanol–water partition coefficient (Wildman–Crippen LogP) is 2.79. The van der Waals surface area contributed by atoms with Gasteiger partial charge in [0.25, 0.3) is 0 Å². The van der Waals surface area contributed by atoms with Gasteiger partial charge < -0.3 is 14.3 Å². The van der Waals surface area contributed by atoms with E-state index in [1.165, 1.54) is 0 Å². The fraction of sp³-hybridized carbons (Fsp3) is 0.500. The maximum absolute atomic E-state index is 10.3. The summed E-state index contributed by atoms with van der Waals surface area (Å²) >= 11 is 0. The number of hydrogen-bond donors (Lipinski definition) is 0. The molecule has 0 amide bonds. The van der Waals surface area contributed by atoms with Gasteiger partial charge >= 0.3 is 0 Å². The molecule has 0 aromatic heterocycles. The quantitative estimate of drug-likeness (QED) is 0.514. The van der Waals surface area contributed by atoms with Gasteiger partial charge in [-0.15, -0.1) is 0 Å². The summed E-state index contributed by atoms with van der Waals surface area (Å²) in [4.78, 5) is 10.3. The van der Waals surface area contributed by atoms with Gasteiger partial charge in [-0.2, -0.15) is 0 Å². The highest BCUT2D eigenvalue weighted by Gasteiger charge is 2.16. The number of carbonyl (C=O) groups is 1. The number of benzene rings is 1. The second-order valence-corrected chi connectivity index (χ2v) is 4.12. The Balaban J connectivity index is 2.38. The number of aldehydes is 1. The summed E-state index contributed by atoms with van der Waals surface area (Å²) in [6.45, 7) is 2.56. The lowest BCUT2D eigenvalue weighted by molar-refractivity contribution is -0.161. The SMILES string of the molecule is COC(OCc1ccccc1)C(C)CCC=O. The van der Waals surface area contributed by atoms with Crippen LogP contribution in [-0.2, 0) is 20.9 Å². The molecule has 0 aliphatic rings. The van der Waals surface area contributed by atoms with Crippen LogP contribution in [0.15, 0.2) is 30.3 Å². The topological polar surface area (TPSA) is 35.5 Å². The number of hydrogen-bond acceptors (Lipinski definition) is 3. The Bertz CT molecular complexity index is 311. The van der Waals surface area contributed by atoms with Crippen LogP contribution in [0, 0.1) is 5.92 Å². The lowest BCUT2D eigenvalue weighted by Crippen LogP contribution is -2.24. The zero-order valence-electron chi connectivity index (χ0n) is 10.5. The first-order valence-corrected chi connectivity index (χ1v) is 5.90. The van der Waals surface area contributed by atoms with Crippen LogP contribution < -0.4 is 0 Å². The predicted molar refractivity (Wildman–Crippen MR) is 66.5 cm³/mol. The van der Waals surface area contributed by atoms with Crippen molar-refractivity contribution in [3.63, 3.8) is 0 Å². The van der Waals surface area contributed by atoms with E-state index in [-0.39, 0.29) is 12.2 Å². The average Bonchev–Trinajstić information content (AvgIpc) is 2.38. The smallest absolute Gasteiger partial charge is 0.160 e. The molecule has 0 fully saturated rings. The summed E-state index contributed by atoms with van der Waals surface area (Å²) < 4.78 is 11.0. The molecule has 0 spiro atoms. The minimum absolute atomic E-state index is 0.217. The third kappa shape index (κ3) is 5.11. The summed E-state index contributed by atoms with van der Waals surface area (Å²) in [6, 6.07) is 9.97. The molecule has 17 heavy (non-hydrogen) atoms. The van der Waals surface area contributed by atoms with E-state index in [1.54, 1.807) is 7.11 Å². The number of methoxy groups -OCH3 is 1. The molecule has 0 aliphatic heterocycles. The normalized spacial score (nSPS) is 14.2. The zero-order valence-corrected chi connectivity index (χ0v) is 10.5. The van der Waals surface area contributed by atoms with Crippen LogP contribution in [0.4, 0.5) is 0 Å². The van der Waals surface area contributed by atoms with Crippen molar-refractivity contribution in [1.29, 1.82) is 0 Å². The van der Waals surface area contributed by atoms with Crippen molar-refractivity contribution < 1.29 is 14.3 Å². The molecule has 1 aromatic rings. The lowest BCUT2D eigenvalue weighted by Gasteiger charge is -2.22. The van der Waals surface area contributed by atoms with Crippen LogP contribution in [0.2, 0.25) is 0 Å². The van der Waals surface area contributed by atoms with Crippen molar-refractivity contribution in [2.45, 2.75) is 32.7 Å². The van der Waals surface area contributed by atoms with Crippen LogP contribution in [-0.4, -0.2) is 19.7 Å². The molecule has 0 bridgehead atoms. The third-order valence-corrected chi connectivity index (χ3v) is 2.69. The van der Waals surface area contributed by atoms with Crippen molar-refractivity contribution >= 4 is 6.29 Å². The number of carbonyl (C=O) groups excluding carboxylic acids is 1. The highest BCUT2D eigenvalue weighted by atomic mass is 16.7. The molecule has 0 saturated heterocycles. The van der Waals surface area contributed by atoms with E-state index in [4.69, 9.17) is 9.47 Å². The highest BCUT2D eigenvalue weighted by molar-refractivity contribution is 5.49. The van der Waals surface area contributed by atoms with Crippen LogP contribution in [0.25, 0.3) is 0 Å². The monoisotopic (exact) mass is 236 g/mol. The molecule has 1 aromatic carbocycles. The molecule has 0 N–H and O–H groups in total. The van der Waals surface area contributed by atoms with E-state index in [0.717, 1.165) is 18.3 Å². The average molecular weight is 236 g/mol. The molecule has 1 rings (SSSR count). The van der Waals surface area contributed by atoms with Gasteiger partial charge in [0, 0.05) is 19.4 Å². The van der Waals surface area contributed by atoms with Gasteiger partial charge in [0.05, 0.1) is 6.61 Å². The van der Waals surface area contributed by atoms with Crippen molar-refractivity contribution in [1.82, 2.24) is 0 Å². The molecule has 3 nitrogen and oxygen atoms in total. The van der Waals surface area contributed by atoms with E-state index in [1.807, 2.05) is 37.3 Å². The molecule has 2 atom stereocenters. The Morgan fingerprint density at radius 3 is 2.59 bits per heavy atom. The highest BCUT2D eigenvalue weighted by Crippen LogP contribution is 2.16. The van der Waals surface area contributed by atoms with E-state index in [9.17, 15) is 4.79 Å². The fourth-order valence-corrected chi connectivity index (χ4v) is 1.68. The van der Waals surface area contributed by atoms with E-state index >= 15 is 0 Å². The summed E-state index contributed by atoms with van der Waals surface area (Å²) in [5, 5.41) is 0. The Morgan fingerprint density at radius 2 is 2.00 bits per heavy atom. The molecular weight excluding hydrogens is 216 g/mol. The summed E-state index contributed by atoms with van der Waals surface area (Å²) in [5.74, 6) is 0.217. The number of ether oxygens (including phenoxy) is 2. The van der Waals surface area contributed by atoms with Crippen LogP contribution >= 0.6 is 0 Å². The Kier molecular flexibility index (Phi) is 6.51. The molecule has 3 heteroatoms. The van der Waals surface area contributed by atoms with Gasteiger partial charge in [-0.25, -0.2) is 0 Å². The van der Waals surface area contributed by atoms with E-state index in [2.05, 4.69) is 0 Å². The first kappa shape index (κ1) is 13.9. The van der Waals surface area contributed by atoms with Crippen LogP contribution in [0.1, 0.15) is 25.3 Å². The van der Waals surface area contributed by atoms with Crippen molar-refractivity contribution in [3.05, 3.63) is 35.9 Å². The van der Waals surface area contributed by atoms with E-state index < -0.39 is 0 Å². The first-order chi connectivity index (χ1) is 8.27. The summed E-state index contributed by atoms with van der Waals surface area (Å²) in [6.07, 6.45) is 2.02. The third-order valence-electron chi connectivity index (χ3n) is 2.69. The molecule has 0 saturated carbocycles. The molecular formula is C14H20O3. The standard InChI is InChI=1S/C14H20O3/c1-12(7-6-10-15)14(16-2)17-11-13-8-4-3-5-9-13/h3-5,8-10,12,14H,6-7,11H2,1-2H3. The molecule has 0 heterocycles. The number of rotatable bonds is 8. The molecule has 0 aliphatic carbocycles. The fourth-order valence-electron chi connectivity index (χ4n) is 1.68. The van der Waals surface area contributed by atoms with Gasteiger partial charge in [-0.3, -0.25) is 0 Å². The van der Waals surface area contributed by atoms with E-state index in [0.29, 0.717) is 13.0 Å². The van der Waals surface area contributed by atoms with Gasteiger partial charge in [-0.1, -0.05) is 37.3 Å². The maximum atomic E-state index is 10.3. The van der Waals surface area contributed by atoms with Gasteiger partial charge in [0.2, 0.25) is 0 Å². The first-order valence-electron chi connectivity index (χ1n) is 5.90. The molecule has 94 valence electrons. The second-order valence-electron chi connectivity index (χ2n) is 4.12. The lowest BCUT2D eigenvalue weighted by atomic mass is 10.1. The van der Waals surface area contributed by atoms with Gasteiger partial charge in [0.1, 0.15) is 6.29 Å². The van der Waals surface area contributed by atoms with Crippen molar-refractivity contribution in [2.24, 2.45) is 5.92 Å². The maximum Gasteiger partial charge on any atom is 0.160 e. The second kappa shape index (κ2) is 7.98. The molecule has 0 radical (unpaired) electrons. The summed E-state index contributed by atoms with van der Waals surface area (Å²) in [5.41, 5.74) is 1.12. The van der Waals surface area contributed by atoms with Gasteiger partial charge in [-0.05, 0) is 12.0 Å². The van der Waals surface area contributed by atoms with Crippen LogP contribution in [0.5, 0.6) is 0 Å². The van der Waals surface area contributed by atoms with Crippen molar-refractivity contribution in [2.75, 3.05) is 7.11 Å². The van der Waals surface area contributed by atoms with Gasteiger partial charge in [0.15, 0.2) is 6.29 Å². The summed E-state index contributed by atoms with van der Waals surface area (Å²) in [7, 11) is 1.63. The Morgan fingerprint density at radius 1 is 1.29 bits per heavy atom. The Labute approximate surface area is 103 Å². The molecule has 2 unspecified atom stereocenters. The Hall–Kier alpha value is -1.19.